The lowest BCUT2D eigenvalue weighted by atomic mass is 10.2. The van der Waals surface area contributed by atoms with E-state index in [4.69, 9.17) is 19.9 Å². The molecule has 1 amide bonds. The van der Waals surface area contributed by atoms with Crippen molar-refractivity contribution in [1.29, 1.82) is 0 Å². The van der Waals surface area contributed by atoms with E-state index >= 15 is 0 Å². The quantitative estimate of drug-likeness (QED) is 0.641. The summed E-state index contributed by atoms with van der Waals surface area (Å²) in [5, 5.41) is 5.37. The number of nitrogens with two attached hydrogens (primary N) is 1. The topological polar surface area (TPSA) is 95.7 Å². The molecule has 0 bridgehead atoms. The molecule has 7 nitrogen and oxygen atoms in total. The molecule has 9 heteroatoms. The number of nitrogens with one attached hydrogen (secondary N) is 1. The first-order chi connectivity index (χ1) is 11.7. The lowest BCUT2D eigenvalue weighted by Crippen LogP contribution is -2.13. The van der Waals surface area contributed by atoms with Gasteiger partial charge < -0.3 is 25.3 Å². The van der Waals surface area contributed by atoms with Crippen molar-refractivity contribution in [3.05, 3.63) is 34.3 Å². The number of nitrogens with zero attached hydrogens (tertiary/aromatic N) is 1. The van der Waals surface area contributed by atoms with Gasteiger partial charge in [-0.2, -0.15) is 0 Å². The third-order valence-corrected chi connectivity index (χ3v) is 4.02. The van der Waals surface area contributed by atoms with E-state index in [0.29, 0.717) is 49.1 Å². The number of aromatic nitrogens is 1. The average molecular weight is 388 g/mol. The molecule has 3 N–H and O–H groups in total. The molecule has 0 saturated carbocycles. The van der Waals surface area contributed by atoms with Gasteiger partial charge in [0.15, 0.2) is 11.5 Å². The zero-order chi connectivity index (χ0) is 17.4. The van der Waals surface area contributed by atoms with Crippen LogP contribution >= 0.6 is 23.7 Å². The Morgan fingerprint density at radius 2 is 2.08 bits per heavy atom. The molecular weight excluding hydrogens is 366 g/mol. The highest BCUT2D eigenvalue weighted by atomic mass is 35.5. The number of carbonyl (C=O) groups excluding carboxylic acids is 1. The van der Waals surface area contributed by atoms with Crippen LogP contribution in [0.2, 0.25) is 0 Å². The fourth-order valence-electron chi connectivity index (χ4n) is 1.95. The number of hydrogen-bond donors (Lipinski definition) is 2. The zero-order valence-corrected chi connectivity index (χ0v) is 15.7. The minimum Gasteiger partial charge on any atom is -0.493 e. The maximum Gasteiger partial charge on any atom is 0.275 e. The summed E-state index contributed by atoms with van der Waals surface area (Å²) in [5.41, 5.74) is 6.47. The first-order valence-electron chi connectivity index (χ1n) is 7.43. The SMILES string of the molecule is COCCOc1cc(NC(=O)c2csc(CCN)n2)ccc1OC.Cl. The minimum atomic E-state index is -0.275. The van der Waals surface area contributed by atoms with E-state index in [1.165, 1.54) is 11.3 Å². The molecule has 1 aromatic carbocycles. The number of benzene rings is 1. The zero-order valence-electron chi connectivity index (χ0n) is 14.1. The van der Waals surface area contributed by atoms with Crippen LogP contribution in [-0.4, -0.2) is 44.9 Å². The lowest BCUT2D eigenvalue weighted by Gasteiger charge is -2.12. The van der Waals surface area contributed by atoms with Gasteiger partial charge >= 0.3 is 0 Å². The number of anilines is 1. The van der Waals surface area contributed by atoms with Gasteiger partial charge in [0.1, 0.15) is 12.3 Å². The minimum absolute atomic E-state index is 0. The monoisotopic (exact) mass is 387 g/mol. The molecule has 25 heavy (non-hydrogen) atoms. The maximum absolute atomic E-state index is 12.3. The van der Waals surface area contributed by atoms with E-state index in [1.807, 2.05) is 0 Å². The summed E-state index contributed by atoms with van der Waals surface area (Å²) < 4.78 is 15.8. The van der Waals surface area contributed by atoms with Gasteiger partial charge in [-0.3, -0.25) is 4.79 Å². The van der Waals surface area contributed by atoms with Crippen LogP contribution in [-0.2, 0) is 11.2 Å². The molecule has 0 fully saturated rings. The Balaban J connectivity index is 0.00000312. The predicted molar refractivity (Wildman–Crippen MR) is 100 cm³/mol. The van der Waals surface area contributed by atoms with Gasteiger partial charge in [0, 0.05) is 30.7 Å². The summed E-state index contributed by atoms with van der Waals surface area (Å²) in [5.74, 6) is 0.847. The van der Waals surface area contributed by atoms with Gasteiger partial charge in [-0.25, -0.2) is 4.98 Å². The van der Waals surface area contributed by atoms with E-state index in [2.05, 4.69) is 10.3 Å². The first kappa shape index (κ1) is 21.2. The number of hydrogen-bond acceptors (Lipinski definition) is 7. The van der Waals surface area contributed by atoms with Gasteiger partial charge in [-0.05, 0) is 18.7 Å². The van der Waals surface area contributed by atoms with Gasteiger partial charge in [-0.15, -0.1) is 23.7 Å². The maximum atomic E-state index is 12.3. The second-order valence-corrected chi connectivity index (χ2v) is 5.77. The molecule has 0 aliphatic carbocycles. The van der Waals surface area contributed by atoms with Gasteiger partial charge in [0.05, 0.1) is 18.7 Å². The van der Waals surface area contributed by atoms with Gasteiger partial charge in [-0.1, -0.05) is 0 Å². The summed E-state index contributed by atoms with van der Waals surface area (Å²) in [6, 6.07) is 5.19. The third kappa shape index (κ3) is 6.17. The molecule has 138 valence electrons. The molecule has 0 aliphatic rings. The van der Waals surface area contributed by atoms with Crippen LogP contribution in [0.3, 0.4) is 0 Å². The molecule has 0 saturated heterocycles. The molecule has 0 radical (unpaired) electrons. The molecule has 2 rings (SSSR count). The number of halogens is 1. The number of carbonyl (C=O) groups is 1. The molecule has 0 spiro atoms. The number of methoxy groups -OCH3 is 2. The number of rotatable bonds is 9. The molecule has 2 aromatic rings. The molecular formula is C16H22ClN3O4S. The second-order valence-electron chi connectivity index (χ2n) is 4.83. The third-order valence-electron chi connectivity index (χ3n) is 3.11. The highest BCUT2D eigenvalue weighted by Gasteiger charge is 2.13. The average Bonchev–Trinajstić information content (AvgIpc) is 3.04. The number of amides is 1. The molecule has 0 aliphatic heterocycles. The van der Waals surface area contributed by atoms with Crippen molar-refractivity contribution in [3.63, 3.8) is 0 Å². The normalized spacial score (nSPS) is 10.0. The van der Waals surface area contributed by atoms with Crippen molar-refractivity contribution < 1.29 is 19.0 Å². The van der Waals surface area contributed by atoms with Crippen LogP contribution in [0.5, 0.6) is 11.5 Å². The van der Waals surface area contributed by atoms with Gasteiger partial charge in [0.25, 0.3) is 5.91 Å². The van der Waals surface area contributed by atoms with Crippen molar-refractivity contribution >= 4 is 35.3 Å². The molecule has 1 aromatic heterocycles. The summed E-state index contributed by atoms with van der Waals surface area (Å²) in [6.07, 6.45) is 0.665. The van der Waals surface area contributed by atoms with Crippen molar-refractivity contribution in [2.75, 3.05) is 39.3 Å². The fraction of sp³-hybridized carbons (Fsp3) is 0.375. The summed E-state index contributed by atoms with van der Waals surface area (Å²) in [4.78, 5) is 16.5. The number of thiazole rings is 1. The van der Waals surface area contributed by atoms with E-state index in [-0.39, 0.29) is 18.3 Å². The van der Waals surface area contributed by atoms with Crippen molar-refractivity contribution in [3.8, 4) is 11.5 Å². The first-order valence-corrected chi connectivity index (χ1v) is 8.31. The molecule has 0 atom stereocenters. The van der Waals surface area contributed by atoms with E-state index in [1.54, 1.807) is 37.8 Å². The highest BCUT2D eigenvalue weighted by Crippen LogP contribution is 2.30. The van der Waals surface area contributed by atoms with Crippen LogP contribution in [0.1, 0.15) is 15.5 Å². The Morgan fingerprint density at radius 1 is 1.28 bits per heavy atom. The second kappa shape index (κ2) is 10.9. The standard InChI is InChI=1S/C16H21N3O4S.ClH/c1-21-7-8-23-14-9-11(3-4-13(14)22-2)18-16(20)12-10-24-15(19-12)5-6-17;/h3-4,9-10H,5-8,17H2,1-2H3,(H,18,20);1H. The van der Waals surface area contributed by atoms with Crippen molar-refractivity contribution in [2.45, 2.75) is 6.42 Å². The lowest BCUT2D eigenvalue weighted by molar-refractivity contribution is 0.102. The Labute approximate surface area is 156 Å². The van der Waals surface area contributed by atoms with Crippen LogP contribution in [0.4, 0.5) is 5.69 Å². The van der Waals surface area contributed by atoms with Gasteiger partial charge in [0.2, 0.25) is 0 Å². The highest BCUT2D eigenvalue weighted by molar-refractivity contribution is 7.09. The Bertz CT molecular complexity index is 681. The fourth-order valence-corrected chi connectivity index (χ4v) is 2.74. The van der Waals surface area contributed by atoms with Crippen LogP contribution in [0, 0.1) is 0 Å². The van der Waals surface area contributed by atoms with E-state index in [0.717, 1.165) is 5.01 Å². The van der Waals surface area contributed by atoms with Crippen molar-refractivity contribution in [1.82, 2.24) is 4.98 Å². The smallest absolute Gasteiger partial charge is 0.275 e. The largest absolute Gasteiger partial charge is 0.493 e. The van der Waals surface area contributed by atoms with E-state index < -0.39 is 0 Å². The molecule has 1 heterocycles. The molecule has 0 unspecified atom stereocenters. The summed E-state index contributed by atoms with van der Waals surface area (Å²) in [6.45, 7) is 1.36. The Morgan fingerprint density at radius 3 is 2.76 bits per heavy atom. The van der Waals surface area contributed by atoms with E-state index in [9.17, 15) is 4.79 Å². The van der Waals surface area contributed by atoms with Crippen LogP contribution < -0.4 is 20.5 Å². The predicted octanol–water partition coefficient (Wildman–Crippen LogP) is 2.35. The summed E-state index contributed by atoms with van der Waals surface area (Å²) >= 11 is 1.43. The van der Waals surface area contributed by atoms with Crippen molar-refractivity contribution in [2.24, 2.45) is 5.73 Å². The Hall–Kier alpha value is -1.87. The number of ether oxygens (including phenoxy) is 3. The van der Waals surface area contributed by atoms with Crippen LogP contribution in [0.25, 0.3) is 0 Å². The Kier molecular flexibility index (Phi) is 9.22. The summed E-state index contributed by atoms with van der Waals surface area (Å²) in [7, 11) is 3.16. The van der Waals surface area contributed by atoms with Crippen LogP contribution in [0.15, 0.2) is 23.6 Å².